The number of ether oxygens (including phenoxy) is 4. The fourth-order valence-corrected chi connectivity index (χ4v) is 2.27. The summed E-state index contributed by atoms with van der Waals surface area (Å²) in [6, 6.07) is 3.45. The molecular formula is C16H16N2O9. The van der Waals surface area contributed by atoms with E-state index in [0.29, 0.717) is 0 Å². The van der Waals surface area contributed by atoms with Gasteiger partial charge in [-0.15, -0.1) is 0 Å². The molecule has 0 saturated carbocycles. The molecule has 0 aliphatic carbocycles. The smallest absolute Gasteiger partial charge is 0.433 e. The van der Waals surface area contributed by atoms with E-state index in [-0.39, 0.29) is 34.3 Å². The predicted octanol–water partition coefficient (Wildman–Crippen LogP) is 2.25. The van der Waals surface area contributed by atoms with Crippen molar-refractivity contribution in [3.63, 3.8) is 0 Å². The van der Waals surface area contributed by atoms with Crippen LogP contribution in [0.4, 0.5) is 11.6 Å². The Morgan fingerprint density at radius 3 is 2.22 bits per heavy atom. The van der Waals surface area contributed by atoms with Crippen molar-refractivity contribution in [2.45, 2.75) is 0 Å². The number of nitrogens with zero attached hydrogens (tertiary/aromatic N) is 1. The van der Waals surface area contributed by atoms with Gasteiger partial charge in [0.1, 0.15) is 10.6 Å². The molecule has 11 nitrogen and oxygen atoms in total. The standard InChI is InChI=1S/C16H16N2O9/c1-23-10-7-8(16(20)26-4)12(14(25-3)13(10)24-2)17-15(19)9-5-6-11(27-9)18(21)22/h5-7H,1-4H3,(H,17,19). The van der Waals surface area contributed by atoms with Crippen molar-refractivity contribution in [2.75, 3.05) is 33.8 Å². The molecule has 0 radical (unpaired) electrons. The van der Waals surface area contributed by atoms with Gasteiger partial charge in [-0.25, -0.2) is 4.79 Å². The molecule has 0 fully saturated rings. The molecule has 0 spiro atoms. The first kappa shape index (κ1) is 19.6. The Morgan fingerprint density at radius 2 is 1.74 bits per heavy atom. The fourth-order valence-electron chi connectivity index (χ4n) is 2.27. The third-order valence-corrected chi connectivity index (χ3v) is 3.47. The number of carbonyl (C=O) groups excluding carboxylic acids is 2. The summed E-state index contributed by atoms with van der Waals surface area (Å²) in [6.45, 7) is 0. The van der Waals surface area contributed by atoms with Gasteiger partial charge in [0.05, 0.1) is 40.1 Å². The molecule has 1 amide bonds. The summed E-state index contributed by atoms with van der Waals surface area (Å²) in [6.07, 6.45) is 0. The van der Waals surface area contributed by atoms with Crippen molar-refractivity contribution < 1.29 is 37.9 Å². The van der Waals surface area contributed by atoms with Crippen LogP contribution in [0.5, 0.6) is 17.2 Å². The summed E-state index contributed by atoms with van der Waals surface area (Å²) in [5, 5.41) is 13.1. The van der Waals surface area contributed by atoms with Crippen LogP contribution in [0.2, 0.25) is 0 Å². The average molecular weight is 380 g/mol. The number of hydrogen-bond acceptors (Lipinski definition) is 9. The minimum atomic E-state index is -0.848. The maximum Gasteiger partial charge on any atom is 0.433 e. The molecule has 1 aromatic carbocycles. The molecule has 1 N–H and O–H groups in total. The van der Waals surface area contributed by atoms with E-state index in [1.165, 1.54) is 27.4 Å². The van der Waals surface area contributed by atoms with Gasteiger partial charge in [-0.2, -0.15) is 0 Å². The second-order valence-electron chi connectivity index (χ2n) is 4.91. The molecule has 0 unspecified atom stereocenters. The Hall–Kier alpha value is -3.76. The van der Waals surface area contributed by atoms with E-state index in [4.69, 9.17) is 23.4 Å². The van der Waals surface area contributed by atoms with Gasteiger partial charge in [-0.3, -0.25) is 14.9 Å². The second kappa shape index (κ2) is 8.08. The number of hydrogen-bond donors (Lipinski definition) is 1. The van der Waals surface area contributed by atoms with Gasteiger partial charge in [0.2, 0.25) is 5.75 Å². The Morgan fingerprint density at radius 1 is 1.07 bits per heavy atom. The number of nitrogens with one attached hydrogen (secondary N) is 1. The highest BCUT2D eigenvalue weighted by Gasteiger charge is 2.27. The lowest BCUT2D eigenvalue weighted by Crippen LogP contribution is -2.16. The van der Waals surface area contributed by atoms with Crippen molar-refractivity contribution in [2.24, 2.45) is 0 Å². The quantitative estimate of drug-likeness (QED) is 0.435. The number of anilines is 1. The van der Waals surface area contributed by atoms with Gasteiger partial charge in [0.15, 0.2) is 17.3 Å². The zero-order valence-corrected chi connectivity index (χ0v) is 14.9. The topological polar surface area (TPSA) is 139 Å². The van der Waals surface area contributed by atoms with E-state index in [1.54, 1.807) is 0 Å². The fraction of sp³-hybridized carbons (Fsp3) is 0.250. The third kappa shape index (κ3) is 3.76. The first-order valence-electron chi connectivity index (χ1n) is 7.34. The molecule has 1 heterocycles. The molecule has 1 aromatic heterocycles. The number of amides is 1. The minimum absolute atomic E-state index is 0.00773. The Balaban J connectivity index is 2.56. The first-order chi connectivity index (χ1) is 12.9. The van der Waals surface area contributed by atoms with Crippen LogP contribution in [0.1, 0.15) is 20.9 Å². The van der Waals surface area contributed by atoms with Gasteiger partial charge in [-0.1, -0.05) is 0 Å². The maximum atomic E-state index is 12.4. The van der Waals surface area contributed by atoms with Crippen LogP contribution < -0.4 is 19.5 Å². The van der Waals surface area contributed by atoms with E-state index in [0.717, 1.165) is 19.2 Å². The van der Waals surface area contributed by atoms with Gasteiger partial charge >= 0.3 is 11.9 Å². The molecule has 144 valence electrons. The highest BCUT2D eigenvalue weighted by Crippen LogP contribution is 2.45. The highest BCUT2D eigenvalue weighted by molar-refractivity contribution is 6.09. The van der Waals surface area contributed by atoms with Crippen LogP contribution >= 0.6 is 0 Å². The van der Waals surface area contributed by atoms with E-state index < -0.39 is 22.7 Å². The molecule has 27 heavy (non-hydrogen) atoms. The number of carbonyl (C=O) groups is 2. The molecule has 0 aliphatic rings. The minimum Gasteiger partial charge on any atom is -0.493 e. The van der Waals surface area contributed by atoms with Gasteiger partial charge in [0.25, 0.3) is 5.91 Å². The number of methoxy groups -OCH3 is 4. The highest BCUT2D eigenvalue weighted by atomic mass is 16.6. The molecular weight excluding hydrogens is 364 g/mol. The van der Waals surface area contributed by atoms with Crippen molar-refractivity contribution in [1.29, 1.82) is 0 Å². The van der Waals surface area contributed by atoms with Crippen LogP contribution in [0.3, 0.4) is 0 Å². The molecule has 11 heteroatoms. The monoisotopic (exact) mass is 380 g/mol. The Labute approximate surface area is 152 Å². The lowest BCUT2D eigenvalue weighted by molar-refractivity contribution is -0.402. The summed E-state index contributed by atoms with van der Waals surface area (Å²) in [5.41, 5.74) is -0.160. The first-order valence-corrected chi connectivity index (χ1v) is 7.34. The van der Waals surface area contributed by atoms with Gasteiger partial charge < -0.3 is 28.7 Å². The zero-order chi connectivity index (χ0) is 20.1. The van der Waals surface area contributed by atoms with E-state index >= 15 is 0 Å². The SMILES string of the molecule is COC(=O)c1cc(OC)c(OC)c(OC)c1NC(=O)c1ccc([N+](=O)[O-])o1. The lowest BCUT2D eigenvalue weighted by atomic mass is 10.1. The zero-order valence-electron chi connectivity index (χ0n) is 14.9. The Bertz CT molecular complexity index is 888. The average Bonchev–Trinajstić information content (AvgIpc) is 3.17. The summed E-state index contributed by atoms with van der Waals surface area (Å²) in [7, 11) is 5.16. The molecule has 0 saturated heterocycles. The normalized spacial score (nSPS) is 10.1. The maximum absolute atomic E-state index is 12.4. The lowest BCUT2D eigenvalue weighted by Gasteiger charge is -2.18. The van der Waals surface area contributed by atoms with Crippen LogP contribution in [-0.2, 0) is 4.74 Å². The van der Waals surface area contributed by atoms with Crippen LogP contribution in [0.15, 0.2) is 22.6 Å². The van der Waals surface area contributed by atoms with E-state index in [9.17, 15) is 19.7 Å². The summed E-state index contributed by atoms with van der Waals surface area (Å²) in [4.78, 5) is 34.5. The van der Waals surface area contributed by atoms with Crippen molar-refractivity contribution in [1.82, 2.24) is 0 Å². The van der Waals surface area contributed by atoms with E-state index in [1.807, 2.05) is 0 Å². The number of furan rings is 1. The number of benzene rings is 1. The van der Waals surface area contributed by atoms with Crippen LogP contribution in [0.25, 0.3) is 0 Å². The van der Waals surface area contributed by atoms with E-state index in [2.05, 4.69) is 5.32 Å². The molecule has 0 aliphatic heterocycles. The van der Waals surface area contributed by atoms with Crippen molar-refractivity contribution >= 4 is 23.4 Å². The van der Waals surface area contributed by atoms with Crippen molar-refractivity contribution in [3.05, 3.63) is 39.6 Å². The molecule has 2 rings (SSSR count). The molecule has 0 bridgehead atoms. The summed E-state index contributed by atoms with van der Waals surface area (Å²) >= 11 is 0. The van der Waals surface area contributed by atoms with Crippen LogP contribution in [-0.4, -0.2) is 45.2 Å². The van der Waals surface area contributed by atoms with Gasteiger partial charge in [-0.05, 0) is 6.07 Å². The number of rotatable bonds is 7. The number of esters is 1. The predicted molar refractivity (Wildman–Crippen MR) is 90.8 cm³/mol. The van der Waals surface area contributed by atoms with Gasteiger partial charge in [0, 0.05) is 6.07 Å². The van der Waals surface area contributed by atoms with Crippen LogP contribution in [0, 0.1) is 10.1 Å². The largest absolute Gasteiger partial charge is 0.493 e. The summed E-state index contributed by atoms with van der Waals surface area (Å²) in [5.74, 6) is -2.29. The summed E-state index contributed by atoms with van der Waals surface area (Å²) < 4.78 is 25.2. The number of nitro groups is 1. The second-order valence-corrected chi connectivity index (χ2v) is 4.91. The molecule has 2 aromatic rings. The third-order valence-electron chi connectivity index (χ3n) is 3.47. The Kier molecular flexibility index (Phi) is 5.85. The molecule has 0 atom stereocenters. The van der Waals surface area contributed by atoms with Crippen molar-refractivity contribution in [3.8, 4) is 17.2 Å².